The van der Waals surface area contributed by atoms with Gasteiger partial charge in [0.05, 0.1) is 11.9 Å². The van der Waals surface area contributed by atoms with E-state index < -0.39 is 0 Å². The van der Waals surface area contributed by atoms with Gasteiger partial charge in [-0.25, -0.2) is 4.39 Å². The van der Waals surface area contributed by atoms with E-state index >= 15 is 0 Å². The number of rotatable bonds is 6. The topological polar surface area (TPSA) is 26.3 Å². The van der Waals surface area contributed by atoms with Crippen LogP contribution in [0.15, 0.2) is 18.2 Å². The summed E-state index contributed by atoms with van der Waals surface area (Å²) in [6, 6.07) is 4.55. The number of Topliss-reactive ketones (excluding diaryl/α,β-unsaturated/α-hetero) is 1. The molecule has 0 saturated heterocycles. The minimum atomic E-state index is -0.330. The number of carbonyl (C=O) groups excluding carboxylic acids is 1. The molecule has 0 spiro atoms. The van der Waals surface area contributed by atoms with Crippen molar-refractivity contribution in [3.05, 3.63) is 29.6 Å². The lowest BCUT2D eigenvalue weighted by molar-refractivity contribution is -0.118. The van der Waals surface area contributed by atoms with E-state index in [0.29, 0.717) is 24.2 Å². The van der Waals surface area contributed by atoms with Crippen LogP contribution in [0, 0.1) is 5.82 Å². The van der Waals surface area contributed by atoms with Crippen molar-refractivity contribution >= 4 is 21.7 Å². The van der Waals surface area contributed by atoms with Crippen molar-refractivity contribution in [1.82, 2.24) is 0 Å². The molecule has 0 N–H and O–H groups in total. The summed E-state index contributed by atoms with van der Waals surface area (Å²) in [6.45, 7) is 1.95. The highest BCUT2D eigenvalue weighted by atomic mass is 79.9. The van der Waals surface area contributed by atoms with Crippen molar-refractivity contribution in [2.45, 2.75) is 31.0 Å². The van der Waals surface area contributed by atoms with E-state index in [1.807, 2.05) is 6.92 Å². The van der Waals surface area contributed by atoms with Crippen LogP contribution in [0.5, 0.6) is 5.75 Å². The quantitative estimate of drug-likeness (QED) is 0.752. The zero-order valence-electron chi connectivity index (χ0n) is 10.0. The lowest BCUT2D eigenvalue weighted by atomic mass is 10.0. The SMILES string of the molecule is CCCC(=O)C(Br)Cc1cc(OC)ccc1F. The minimum absolute atomic E-state index is 0.106. The van der Waals surface area contributed by atoms with E-state index in [1.165, 1.54) is 13.2 Å². The number of ketones is 1. The molecule has 1 atom stereocenters. The third-order valence-electron chi connectivity index (χ3n) is 2.50. The van der Waals surface area contributed by atoms with E-state index in [2.05, 4.69) is 15.9 Å². The molecule has 0 radical (unpaired) electrons. The van der Waals surface area contributed by atoms with Crippen molar-refractivity contribution in [3.8, 4) is 5.75 Å². The minimum Gasteiger partial charge on any atom is -0.497 e. The van der Waals surface area contributed by atoms with Crippen LogP contribution in [0.3, 0.4) is 0 Å². The average molecular weight is 303 g/mol. The first-order valence-electron chi connectivity index (χ1n) is 5.57. The normalized spacial score (nSPS) is 12.2. The van der Waals surface area contributed by atoms with Crippen LogP contribution in [0.2, 0.25) is 0 Å². The number of halogens is 2. The van der Waals surface area contributed by atoms with Crippen molar-refractivity contribution in [1.29, 1.82) is 0 Å². The van der Waals surface area contributed by atoms with Crippen LogP contribution < -0.4 is 4.74 Å². The summed E-state index contributed by atoms with van der Waals surface area (Å²) in [7, 11) is 1.53. The summed E-state index contributed by atoms with van der Waals surface area (Å²) in [5, 5.41) is 0. The molecule has 0 saturated carbocycles. The van der Waals surface area contributed by atoms with Gasteiger partial charge in [-0.15, -0.1) is 0 Å². The van der Waals surface area contributed by atoms with Gasteiger partial charge in [0.25, 0.3) is 0 Å². The Labute approximate surface area is 109 Å². The average Bonchev–Trinajstić information content (AvgIpc) is 2.32. The first-order valence-corrected chi connectivity index (χ1v) is 6.49. The summed E-state index contributed by atoms with van der Waals surface area (Å²) in [4.78, 5) is 11.3. The number of alkyl halides is 1. The Kier molecular flexibility index (Phi) is 5.62. The summed E-state index contributed by atoms with van der Waals surface area (Å²) in [5.74, 6) is 0.401. The number of hydrogen-bond donors (Lipinski definition) is 0. The molecule has 94 valence electrons. The summed E-state index contributed by atoms with van der Waals surface area (Å²) in [5.41, 5.74) is 0.496. The zero-order chi connectivity index (χ0) is 12.8. The van der Waals surface area contributed by atoms with Crippen LogP contribution in [0.4, 0.5) is 4.39 Å². The van der Waals surface area contributed by atoms with Crippen LogP contribution in [0.25, 0.3) is 0 Å². The number of ether oxygens (including phenoxy) is 1. The van der Waals surface area contributed by atoms with Gasteiger partial charge in [-0.1, -0.05) is 22.9 Å². The lowest BCUT2D eigenvalue weighted by Gasteiger charge is -2.10. The fraction of sp³-hybridized carbons (Fsp3) is 0.462. The Bertz CT molecular complexity index is 393. The maximum absolute atomic E-state index is 13.5. The Morgan fingerprint density at radius 2 is 2.24 bits per heavy atom. The van der Waals surface area contributed by atoms with Crippen molar-refractivity contribution in [2.75, 3.05) is 7.11 Å². The lowest BCUT2D eigenvalue weighted by Crippen LogP contribution is -2.16. The second-order valence-corrected chi connectivity index (χ2v) is 4.95. The number of carbonyl (C=O) groups is 1. The molecule has 0 aliphatic carbocycles. The van der Waals surface area contributed by atoms with E-state index in [9.17, 15) is 9.18 Å². The molecule has 1 aromatic carbocycles. The molecule has 0 bridgehead atoms. The standard InChI is InChI=1S/C13H16BrFO2/c1-3-4-13(16)11(14)8-9-7-10(17-2)5-6-12(9)15/h5-7,11H,3-4,8H2,1-2H3. The third kappa shape index (κ3) is 4.11. The first kappa shape index (κ1) is 14.2. The fourth-order valence-electron chi connectivity index (χ4n) is 1.54. The zero-order valence-corrected chi connectivity index (χ0v) is 11.6. The Hall–Kier alpha value is -0.900. The molecule has 2 nitrogen and oxygen atoms in total. The third-order valence-corrected chi connectivity index (χ3v) is 3.33. The highest BCUT2D eigenvalue weighted by molar-refractivity contribution is 9.10. The Morgan fingerprint density at radius 1 is 1.53 bits per heavy atom. The molecular weight excluding hydrogens is 287 g/mol. The molecule has 0 aliphatic rings. The smallest absolute Gasteiger partial charge is 0.146 e. The van der Waals surface area contributed by atoms with E-state index in [1.54, 1.807) is 12.1 Å². The largest absolute Gasteiger partial charge is 0.497 e. The van der Waals surface area contributed by atoms with Gasteiger partial charge >= 0.3 is 0 Å². The monoisotopic (exact) mass is 302 g/mol. The van der Waals surface area contributed by atoms with Gasteiger partial charge in [0.1, 0.15) is 17.3 Å². The molecule has 0 heterocycles. The number of hydrogen-bond acceptors (Lipinski definition) is 2. The molecule has 17 heavy (non-hydrogen) atoms. The highest BCUT2D eigenvalue weighted by Gasteiger charge is 2.16. The number of methoxy groups -OCH3 is 1. The molecule has 4 heteroatoms. The molecule has 1 aromatic rings. The van der Waals surface area contributed by atoms with Gasteiger partial charge < -0.3 is 4.74 Å². The number of benzene rings is 1. The van der Waals surface area contributed by atoms with E-state index in [4.69, 9.17) is 4.74 Å². The molecule has 0 aromatic heterocycles. The second-order valence-electron chi connectivity index (χ2n) is 3.85. The first-order chi connectivity index (χ1) is 8.08. The van der Waals surface area contributed by atoms with Crippen molar-refractivity contribution in [2.24, 2.45) is 0 Å². The van der Waals surface area contributed by atoms with Gasteiger partial charge in [0.15, 0.2) is 0 Å². The second kappa shape index (κ2) is 6.74. The highest BCUT2D eigenvalue weighted by Crippen LogP contribution is 2.21. The molecule has 0 amide bonds. The fourth-order valence-corrected chi connectivity index (χ4v) is 2.12. The van der Waals surface area contributed by atoms with Crippen LogP contribution >= 0.6 is 15.9 Å². The summed E-state index contributed by atoms with van der Waals surface area (Å²) >= 11 is 3.30. The van der Waals surface area contributed by atoms with Gasteiger partial charge in [0, 0.05) is 6.42 Å². The van der Waals surface area contributed by atoms with Gasteiger partial charge in [-0.05, 0) is 36.6 Å². The summed E-state index contributed by atoms with van der Waals surface area (Å²) < 4.78 is 18.6. The van der Waals surface area contributed by atoms with Gasteiger partial charge in [0.2, 0.25) is 0 Å². The van der Waals surface area contributed by atoms with Crippen molar-refractivity contribution in [3.63, 3.8) is 0 Å². The summed E-state index contributed by atoms with van der Waals surface area (Å²) in [6.07, 6.45) is 1.67. The Morgan fingerprint density at radius 3 is 2.82 bits per heavy atom. The molecule has 0 aliphatic heterocycles. The van der Waals surface area contributed by atoms with E-state index in [0.717, 1.165) is 6.42 Å². The molecular formula is C13H16BrFO2. The van der Waals surface area contributed by atoms with Gasteiger partial charge in [-0.3, -0.25) is 4.79 Å². The predicted octanol–water partition coefficient (Wildman–Crippen LogP) is 3.51. The van der Waals surface area contributed by atoms with Crippen LogP contribution in [-0.4, -0.2) is 17.7 Å². The van der Waals surface area contributed by atoms with Crippen molar-refractivity contribution < 1.29 is 13.9 Å². The predicted molar refractivity (Wildman–Crippen MR) is 69.3 cm³/mol. The maximum atomic E-state index is 13.5. The van der Waals surface area contributed by atoms with Crippen LogP contribution in [-0.2, 0) is 11.2 Å². The van der Waals surface area contributed by atoms with Crippen LogP contribution in [0.1, 0.15) is 25.3 Å². The molecule has 0 fully saturated rings. The van der Waals surface area contributed by atoms with Gasteiger partial charge in [-0.2, -0.15) is 0 Å². The molecule has 1 unspecified atom stereocenters. The Balaban J connectivity index is 2.76. The molecule has 1 rings (SSSR count). The maximum Gasteiger partial charge on any atom is 0.146 e. The van der Waals surface area contributed by atoms with E-state index in [-0.39, 0.29) is 16.4 Å².